The number of nitrogens with two attached hydrogens (primary N) is 1. The number of aromatic nitrogens is 2. The van der Waals surface area contributed by atoms with Gasteiger partial charge < -0.3 is 16.0 Å². The normalized spacial score (nSPS) is 19.0. The average Bonchev–Trinajstić information content (AvgIpc) is 3.20. The molecule has 0 bridgehead atoms. The van der Waals surface area contributed by atoms with Gasteiger partial charge in [0.1, 0.15) is 11.9 Å². The molecule has 3 heterocycles. The Labute approximate surface area is 161 Å². The number of nitrogens with one attached hydrogen (secondary N) is 2. The molecule has 9 heteroatoms. The van der Waals surface area contributed by atoms with Crippen molar-refractivity contribution >= 4 is 23.5 Å². The third-order valence-electron chi connectivity index (χ3n) is 5.32. The van der Waals surface area contributed by atoms with Crippen LogP contribution in [0.1, 0.15) is 39.9 Å². The lowest BCUT2D eigenvalue weighted by Gasteiger charge is -2.29. The molecule has 2 aliphatic rings. The van der Waals surface area contributed by atoms with Gasteiger partial charge in [-0.25, -0.2) is 0 Å². The molecular weight excluding hydrogens is 360 g/mol. The molecule has 1 unspecified atom stereocenters. The Morgan fingerprint density at radius 3 is 2.86 bits per heavy atom. The van der Waals surface area contributed by atoms with Crippen LogP contribution in [0.25, 0.3) is 0 Å². The standard InChI is InChI=1S/C19H22N6O3/c1-24-17(13(7-20)9-22-24)21-8-11-3-2-4-12-10-25(19(28)16(11)12)14-5-6-15(26)23-18(14)27/h2-4,9,14,21H,5-8,10,20H2,1H3,(H,23,26,27). The molecule has 1 atom stereocenters. The van der Waals surface area contributed by atoms with Crippen LogP contribution >= 0.6 is 0 Å². The number of nitrogens with zero attached hydrogens (tertiary/aromatic N) is 3. The van der Waals surface area contributed by atoms with Crippen LogP contribution in [0.5, 0.6) is 0 Å². The second kappa shape index (κ2) is 7.08. The zero-order valence-electron chi connectivity index (χ0n) is 15.6. The van der Waals surface area contributed by atoms with Crippen molar-refractivity contribution in [1.29, 1.82) is 0 Å². The number of benzene rings is 1. The number of rotatable bonds is 5. The molecule has 0 spiro atoms. The van der Waals surface area contributed by atoms with Crippen LogP contribution in [0.2, 0.25) is 0 Å². The van der Waals surface area contributed by atoms with Gasteiger partial charge in [-0.2, -0.15) is 5.10 Å². The number of hydrogen-bond acceptors (Lipinski definition) is 6. The van der Waals surface area contributed by atoms with Gasteiger partial charge in [0.05, 0.1) is 6.20 Å². The third-order valence-corrected chi connectivity index (χ3v) is 5.32. The largest absolute Gasteiger partial charge is 0.366 e. The molecule has 0 aliphatic carbocycles. The van der Waals surface area contributed by atoms with E-state index in [0.29, 0.717) is 31.6 Å². The molecule has 0 radical (unpaired) electrons. The van der Waals surface area contributed by atoms with E-state index < -0.39 is 11.9 Å². The highest BCUT2D eigenvalue weighted by Crippen LogP contribution is 2.30. The molecule has 0 saturated carbocycles. The Kier molecular flexibility index (Phi) is 4.60. The van der Waals surface area contributed by atoms with Gasteiger partial charge in [-0.15, -0.1) is 0 Å². The van der Waals surface area contributed by atoms with E-state index in [4.69, 9.17) is 5.73 Å². The number of fused-ring (bicyclic) bond motifs is 1. The number of aryl methyl sites for hydroxylation is 1. The lowest BCUT2D eigenvalue weighted by molar-refractivity contribution is -0.136. The summed E-state index contributed by atoms with van der Waals surface area (Å²) in [4.78, 5) is 38.3. The minimum absolute atomic E-state index is 0.175. The minimum atomic E-state index is -0.612. The number of imide groups is 1. The molecule has 2 aromatic rings. The van der Waals surface area contributed by atoms with E-state index in [1.54, 1.807) is 15.8 Å². The molecule has 1 saturated heterocycles. The summed E-state index contributed by atoms with van der Waals surface area (Å²) in [5.41, 5.74) is 9.00. The van der Waals surface area contributed by atoms with E-state index in [1.807, 2.05) is 25.2 Å². The summed E-state index contributed by atoms with van der Waals surface area (Å²) in [5.74, 6) is -0.0553. The third kappa shape index (κ3) is 3.03. The van der Waals surface area contributed by atoms with E-state index >= 15 is 0 Å². The van der Waals surface area contributed by atoms with Gasteiger partial charge in [0.2, 0.25) is 11.8 Å². The Hall–Kier alpha value is -3.20. The first-order chi connectivity index (χ1) is 13.5. The summed E-state index contributed by atoms with van der Waals surface area (Å²) in [6.07, 6.45) is 2.31. The molecule has 1 aromatic heterocycles. The van der Waals surface area contributed by atoms with Gasteiger partial charge in [0.15, 0.2) is 0 Å². The van der Waals surface area contributed by atoms with E-state index in [2.05, 4.69) is 15.7 Å². The number of hydrogen-bond donors (Lipinski definition) is 3. The van der Waals surface area contributed by atoms with Gasteiger partial charge in [-0.3, -0.25) is 24.4 Å². The SMILES string of the molecule is Cn1ncc(CN)c1NCc1cccc2c1C(=O)N(C1CCC(=O)NC1=O)C2. The van der Waals surface area contributed by atoms with E-state index in [9.17, 15) is 14.4 Å². The zero-order valence-corrected chi connectivity index (χ0v) is 15.6. The van der Waals surface area contributed by atoms with Crippen molar-refractivity contribution in [3.05, 3.63) is 46.6 Å². The van der Waals surface area contributed by atoms with Crippen molar-refractivity contribution in [2.75, 3.05) is 5.32 Å². The number of amides is 3. The summed E-state index contributed by atoms with van der Waals surface area (Å²) < 4.78 is 1.71. The van der Waals surface area contributed by atoms with Gasteiger partial charge in [0.25, 0.3) is 5.91 Å². The highest BCUT2D eigenvalue weighted by atomic mass is 16.2. The fourth-order valence-corrected chi connectivity index (χ4v) is 3.88. The first-order valence-electron chi connectivity index (χ1n) is 9.20. The fourth-order valence-electron chi connectivity index (χ4n) is 3.88. The van der Waals surface area contributed by atoms with Crippen molar-refractivity contribution in [2.24, 2.45) is 12.8 Å². The number of anilines is 1. The van der Waals surface area contributed by atoms with Crippen LogP contribution < -0.4 is 16.4 Å². The Balaban J connectivity index is 1.56. The molecule has 3 amide bonds. The van der Waals surface area contributed by atoms with E-state index in [-0.39, 0.29) is 18.2 Å². The summed E-state index contributed by atoms with van der Waals surface area (Å²) in [6, 6.07) is 5.09. The highest BCUT2D eigenvalue weighted by molar-refractivity contribution is 6.06. The monoisotopic (exact) mass is 382 g/mol. The van der Waals surface area contributed by atoms with Crippen molar-refractivity contribution in [3.8, 4) is 0 Å². The zero-order chi connectivity index (χ0) is 19.8. The van der Waals surface area contributed by atoms with Crippen LogP contribution in [-0.4, -0.2) is 38.4 Å². The topological polar surface area (TPSA) is 122 Å². The maximum atomic E-state index is 13.1. The molecule has 4 rings (SSSR count). The second-order valence-electron chi connectivity index (χ2n) is 7.05. The van der Waals surface area contributed by atoms with Gasteiger partial charge in [0, 0.05) is 44.2 Å². The molecule has 1 fully saturated rings. The Bertz CT molecular complexity index is 967. The van der Waals surface area contributed by atoms with Crippen molar-refractivity contribution in [1.82, 2.24) is 20.0 Å². The molecular formula is C19H22N6O3. The van der Waals surface area contributed by atoms with Crippen LogP contribution in [-0.2, 0) is 36.3 Å². The van der Waals surface area contributed by atoms with E-state index in [1.165, 1.54) is 0 Å². The lowest BCUT2D eigenvalue weighted by atomic mass is 10.0. The molecule has 2 aliphatic heterocycles. The first-order valence-corrected chi connectivity index (χ1v) is 9.20. The number of piperidine rings is 1. The van der Waals surface area contributed by atoms with Gasteiger partial charge in [-0.1, -0.05) is 18.2 Å². The summed E-state index contributed by atoms with van der Waals surface area (Å²) in [6.45, 7) is 1.17. The summed E-state index contributed by atoms with van der Waals surface area (Å²) in [5, 5.41) is 9.84. The first kappa shape index (κ1) is 18.2. The quantitative estimate of drug-likeness (QED) is 0.637. The molecule has 146 valence electrons. The molecule has 9 nitrogen and oxygen atoms in total. The smallest absolute Gasteiger partial charge is 0.255 e. The maximum absolute atomic E-state index is 13.1. The van der Waals surface area contributed by atoms with Crippen molar-refractivity contribution in [3.63, 3.8) is 0 Å². The number of carbonyl (C=O) groups is 3. The van der Waals surface area contributed by atoms with Crippen LogP contribution in [0.4, 0.5) is 5.82 Å². The van der Waals surface area contributed by atoms with Crippen molar-refractivity contribution < 1.29 is 14.4 Å². The molecule has 1 aromatic carbocycles. The average molecular weight is 382 g/mol. The minimum Gasteiger partial charge on any atom is -0.366 e. The lowest BCUT2D eigenvalue weighted by Crippen LogP contribution is -2.52. The van der Waals surface area contributed by atoms with Gasteiger partial charge in [-0.05, 0) is 17.5 Å². The van der Waals surface area contributed by atoms with E-state index in [0.717, 1.165) is 22.5 Å². The number of carbonyl (C=O) groups excluding carboxylic acids is 3. The van der Waals surface area contributed by atoms with Crippen LogP contribution in [0, 0.1) is 0 Å². The molecule has 28 heavy (non-hydrogen) atoms. The highest BCUT2D eigenvalue weighted by Gasteiger charge is 2.39. The fraction of sp³-hybridized carbons (Fsp3) is 0.368. The summed E-state index contributed by atoms with van der Waals surface area (Å²) >= 11 is 0. The molecule has 4 N–H and O–H groups in total. The second-order valence-corrected chi connectivity index (χ2v) is 7.05. The summed E-state index contributed by atoms with van der Waals surface area (Å²) in [7, 11) is 1.83. The Morgan fingerprint density at radius 1 is 1.29 bits per heavy atom. The van der Waals surface area contributed by atoms with Gasteiger partial charge >= 0.3 is 0 Å². The predicted molar refractivity (Wildman–Crippen MR) is 101 cm³/mol. The van der Waals surface area contributed by atoms with Crippen molar-refractivity contribution in [2.45, 2.75) is 38.5 Å². The van der Waals surface area contributed by atoms with Crippen LogP contribution in [0.15, 0.2) is 24.4 Å². The van der Waals surface area contributed by atoms with Crippen LogP contribution in [0.3, 0.4) is 0 Å². The maximum Gasteiger partial charge on any atom is 0.255 e. The predicted octanol–water partition coefficient (Wildman–Crippen LogP) is 0.252. The Morgan fingerprint density at radius 2 is 2.11 bits per heavy atom.